The van der Waals surface area contributed by atoms with Gasteiger partial charge in [0.25, 0.3) is 5.69 Å². The number of rotatable bonds is 6. The van der Waals surface area contributed by atoms with E-state index in [1.54, 1.807) is 30.1 Å². The number of benzene rings is 1. The molecule has 2 N–H and O–H groups in total. The molecule has 6 nitrogen and oxygen atoms in total. The lowest BCUT2D eigenvalue weighted by atomic mass is 9.93. The summed E-state index contributed by atoms with van der Waals surface area (Å²) in [4.78, 5) is 24.0. The number of likely N-dealkylation sites (N-methyl/N-ethyl adjacent to an activating group) is 1. The van der Waals surface area contributed by atoms with Crippen LogP contribution < -0.4 is 5.73 Å². The first kappa shape index (κ1) is 16.8. The first-order chi connectivity index (χ1) is 9.76. The van der Waals surface area contributed by atoms with Crippen LogP contribution >= 0.6 is 0 Å². The number of amides is 1. The topological polar surface area (TPSA) is 89.5 Å². The molecule has 0 saturated carbocycles. The van der Waals surface area contributed by atoms with E-state index in [1.807, 2.05) is 13.8 Å². The number of carbonyl (C=O) groups excluding carboxylic acids is 1. The second-order valence-electron chi connectivity index (χ2n) is 5.71. The highest BCUT2D eigenvalue weighted by Crippen LogP contribution is 2.19. The Kier molecular flexibility index (Phi) is 5.60. The molecule has 0 aliphatic heterocycles. The lowest BCUT2D eigenvalue weighted by Crippen LogP contribution is -2.39. The van der Waals surface area contributed by atoms with Gasteiger partial charge in [0, 0.05) is 25.7 Å². The van der Waals surface area contributed by atoms with Crippen LogP contribution in [0.4, 0.5) is 5.69 Å². The summed E-state index contributed by atoms with van der Waals surface area (Å²) < 4.78 is 0. The standard InChI is InChI=1S/C15H21N3O3/c1-15(2,10-16)11-17(3)14(19)9-8-12-6-4-5-7-13(12)18(20)21/h4-9H,10-11,16H2,1-3H3. The lowest BCUT2D eigenvalue weighted by Gasteiger charge is -2.28. The minimum absolute atomic E-state index is 0.0218. The van der Waals surface area contributed by atoms with E-state index in [9.17, 15) is 14.9 Å². The Labute approximate surface area is 124 Å². The van der Waals surface area contributed by atoms with Crippen LogP contribution in [0.3, 0.4) is 0 Å². The number of nitro benzene ring substituents is 1. The Balaban J connectivity index is 2.81. The van der Waals surface area contributed by atoms with E-state index in [4.69, 9.17) is 5.73 Å². The Morgan fingerprint density at radius 1 is 1.43 bits per heavy atom. The van der Waals surface area contributed by atoms with Crippen LogP contribution in [0.2, 0.25) is 0 Å². The summed E-state index contributed by atoms with van der Waals surface area (Å²) in [6.45, 7) is 4.94. The minimum Gasteiger partial charge on any atom is -0.342 e. The van der Waals surface area contributed by atoms with Crippen LogP contribution in [-0.4, -0.2) is 35.9 Å². The van der Waals surface area contributed by atoms with Gasteiger partial charge < -0.3 is 10.6 Å². The van der Waals surface area contributed by atoms with Gasteiger partial charge >= 0.3 is 0 Å². The Bertz CT molecular complexity index is 553. The van der Waals surface area contributed by atoms with Gasteiger partial charge in [-0.05, 0) is 24.1 Å². The summed E-state index contributed by atoms with van der Waals surface area (Å²) in [7, 11) is 1.68. The van der Waals surface area contributed by atoms with Crippen LogP contribution in [0, 0.1) is 15.5 Å². The molecule has 0 aliphatic carbocycles. The van der Waals surface area contributed by atoms with E-state index in [2.05, 4.69) is 0 Å². The largest absolute Gasteiger partial charge is 0.342 e. The summed E-state index contributed by atoms with van der Waals surface area (Å²) >= 11 is 0. The molecule has 0 unspecified atom stereocenters. The first-order valence-electron chi connectivity index (χ1n) is 6.63. The van der Waals surface area contributed by atoms with Crippen molar-refractivity contribution in [3.63, 3.8) is 0 Å². The second kappa shape index (κ2) is 6.99. The Morgan fingerprint density at radius 3 is 2.62 bits per heavy atom. The number of nitrogens with zero attached hydrogens (tertiary/aromatic N) is 2. The molecule has 0 bridgehead atoms. The molecule has 0 radical (unpaired) electrons. The third-order valence-electron chi connectivity index (χ3n) is 3.13. The maximum Gasteiger partial charge on any atom is 0.276 e. The van der Waals surface area contributed by atoms with Crippen LogP contribution in [0.25, 0.3) is 6.08 Å². The average Bonchev–Trinajstić information content (AvgIpc) is 2.44. The quantitative estimate of drug-likeness (QED) is 0.493. The van der Waals surface area contributed by atoms with Crippen LogP contribution in [0.15, 0.2) is 30.3 Å². The van der Waals surface area contributed by atoms with Crippen molar-refractivity contribution in [2.24, 2.45) is 11.1 Å². The van der Waals surface area contributed by atoms with Gasteiger partial charge in [0.2, 0.25) is 5.91 Å². The van der Waals surface area contributed by atoms with E-state index < -0.39 is 4.92 Å². The number of carbonyl (C=O) groups is 1. The van der Waals surface area contributed by atoms with Crippen LogP contribution in [0.1, 0.15) is 19.4 Å². The fourth-order valence-electron chi connectivity index (χ4n) is 1.87. The van der Waals surface area contributed by atoms with Crippen molar-refractivity contribution in [3.05, 3.63) is 46.0 Å². The van der Waals surface area contributed by atoms with Crippen molar-refractivity contribution in [2.45, 2.75) is 13.8 Å². The average molecular weight is 291 g/mol. The summed E-state index contributed by atoms with van der Waals surface area (Å²) in [5.74, 6) is -0.213. The predicted molar refractivity (Wildman–Crippen MR) is 82.6 cm³/mol. The zero-order chi connectivity index (χ0) is 16.0. The van der Waals surface area contributed by atoms with Crippen molar-refractivity contribution in [3.8, 4) is 0 Å². The van der Waals surface area contributed by atoms with Crippen molar-refractivity contribution < 1.29 is 9.72 Å². The number of nitrogens with two attached hydrogens (primary N) is 1. The van der Waals surface area contributed by atoms with Gasteiger partial charge in [0.15, 0.2) is 0 Å². The monoisotopic (exact) mass is 291 g/mol. The zero-order valence-electron chi connectivity index (χ0n) is 12.6. The lowest BCUT2D eigenvalue weighted by molar-refractivity contribution is -0.385. The van der Waals surface area contributed by atoms with Gasteiger partial charge in [-0.25, -0.2) is 0 Å². The van der Waals surface area contributed by atoms with E-state index in [0.717, 1.165) is 0 Å². The third kappa shape index (κ3) is 5.00. The highest BCUT2D eigenvalue weighted by atomic mass is 16.6. The maximum atomic E-state index is 12.0. The van der Waals surface area contributed by atoms with Crippen molar-refractivity contribution >= 4 is 17.7 Å². The zero-order valence-corrected chi connectivity index (χ0v) is 12.6. The molecule has 1 aromatic rings. The van der Waals surface area contributed by atoms with Crippen LogP contribution in [0.5, 0.6) is 0 Å². The second-order valence-corrected chi connectivity index (χ2v) is 5.71. The molecular formula is C15H21N3O3. The Hall–Kier alpha value is -2.21. The molecule has 114 valence electrons. The summed E-state index contributed by atoms with van der Waals surface area (Å²) in [5.41, 5.74) is 5.86. The smallest absolute Gasteiger partial charge is 0.276 e. The minimum atomic E-state index is -0.467. The molecular weight excluding hydrogens is 270 g/mol. The summed E-state index contributed by atoms with van der Waals surface area (Å²) in [6.07, 6.45) is 2.81. The van der Waals surface area contributed by atoms with Crippen molar-refractivity contribution in [2.75, 3.05) is 20.1 Å². The molecule has 0 heterocycles. The normalized spacial score (nSPS) is 11.6. The van der Waals surface area contributed by atoms with E-state index >= 15 is 0 Å². The molecule has 0 atom stereocenters. The van der Waals surface area contributed by atoms with Crippen LogP contribution in [-0.2, 0) is 4.79 Å². The molecule has 0 spiro atoms. The predicted octanol–water partition coefficient (Wildman–Crippen LogP) is 2.05. The van der Waals surface area contributed by atoms with E-state index in [0.29, 0.717) is 18.7 Å². The molecule has 0 fully saturated rings. The molecule has 0 aliphatic rings. The van der Waals surface area contributed by atoms with Gasteiger partial charge in [0.05, 0.1) is 10.5 Å². The molecule has 6 heteroatoms. The van der Waals surface area contributed by atoms with Crippen molar-refractivity contribution in [1.29, 1.82) is 0 Å². The number of hydrogen-bond acceptors (Lipinski definition) is 4. The van der Waals surface area contributed by atoms with Gasteiger partial charge in [-0.3, -0.25) is 14.9 Å². The highest BCUT2D eigenvalue weighted by Gasteiger charge is 2.20. The molecule has 0 aromatic heterocycles. The number of nitro groups is 1. The molecule has 0 saturated heterocycles. The molecule has 1 amide bonds. The van der Waals surface area contributed by atoms with Gasteiger partial charge in [-0.2, -0.15) is 0 Å². The SMILES string of the molecule is CN(CC(C)(C)CN)C(=O)C=Cc1ccccc1[N+](=O)[O-]. The summed E-state index contributed by atoms with van der Waals surface area (Å²) in [6, 6.07) is 6.29. The van der Waals surface area contributed by atoms with Gasteiger partial charge in [-0.1, -0.05) is 26.0 Å². The van der Waals surface area contributed by atoms with E-state index in [1.165, 1.54) is 18.2 Å². The molecule has 1 rings (SSSR count). The number of hydrogen-bond donors (Lipinski definition) is 1. The molecule has 21 heavy (non-hydrogen) atoms. The van der Waals surface area contributed by atoms with Gasteiger partial charge in [0.1, 0.15) is 0 Å². The maximum absolute atomic E-state index is 12.0. The van der Waals surface area contributed by atoms with Crippen molar-refractivity contribution in [1.82, 2.24) is 4.90 Å². The summed E-state index contributed by atoms with van der Waals surface area (Å²) in [5, 5.41) is 10.9. The van der Waals surface area contributed by atoms with Gasteiger partial charge in [-0.15, -0.1) is 0 Å². The Morgan fingerprint density at radius 2 is 2.05 bits per heavy atom. The fraction of sp³-hybridized carbons (Fsp3) is 0.400. The molecule has 1 aromatic carbocycles. The number of para-hydroxylation sites is 1. The third-order valence-corrected chi connectivity index (χ3v) is 3.13. The fourth-order valence-corrected chi connectivity index (χ4v) is 1.87. The highest BCUT2D eigenvalue weighted by molar-refractivity contribution is 5.92. The first-order valence-corrected chi connectivity index (χ1v) is 6.63. The van der Waals surface area contributed by atoms with E-state index in [-0.39, 0.29) is 17.0 Å².